The Morgan fingerprint density at radius 1 is 1.13 bits per heavy atom. The number of aryl methyl sites for hydroxylation is 1. The molecule has 30 heavy (non-hydrogen) atoms. The molecule has 0 aliphatic carbocycles. The number of nitrogens with zero attached hydrogens (tertiary/aromatic N) is 3. The third-order valence-electron chi connectivity index (χ3n) is 6.29. The van der Waals surface area contributed by atoms with Crippen LogP contribution in [0.3, 0.4) is 0 Å². The Balaban J connectivity index is 1.41. The van der Waals surface area contributed by atoms with Gasteiger partial charge in [0.15, 0.2) is 0 Å². The summed E-state index contributed by atoms with van der Waals surface area (Å²) in [5, 5.41) is 0.886. The fourth-order valence-corrected chi connectivity index (χ4v) is 5.67. The molecule has 3 heterocycles. The minimum absolute atomic E-state index is 0.145. The van der Waals surface area contributed by atoms with E-state index in [1.165, 1.54) is 50.1 Å². The van der Waals surface area contributed by atoms with E-state index < -0.39 is 0 Å². The molecule has 6 heteroatoms. The molecule has 4 rings (SSSR count). The van der Waals surface area contributed by atoms with Gasteiger partial charge in [-0.3, -0.25) is 4.79 Å². The fourth-order valence-electron chi connectivity index (χ4n) is 4.64. The number of rotatable bonds is 5. The summed E-state index contributed by atoms with van der Waals surface area (Å²) >= 11 is 1.50. The van der Waals surface area contributed by atoms with Crippen LogP contribution in [0.25, 0.3) is 10.6 Å². The van der Waals surface area contributed by atoms with Crippen LogP contribution in [-0.2, 0) is 0 Å². The number of carbonyl (C=O) groups is 1. The first-order valence-corrected chi connectivity index (χ1v) is 12.2. The van der Waals surface area contributed by atoms with Crippen molar-refractivity contribution in [1.82, 2.24) is 14.8 Å². The summed E-state index contributed by atoms with van der Waals surface area (Å²) in [5.74, 6) is 0.984. The number of thiazole rings is 1. The number of benzene rings is 1. The van der Waals surface area contributed by atoms with E-state index in [2.05, 4.69) is 4.90 Å². The molecule has 1 aromatic heterocycles. The lowest BCUT2D eigenvalue weighted by molar-refractivity contribution is 0.0626. The minimum atomic E-state index is 0.145. The van der Waals surface area contributed by atoms with Crippen LogP contribution in [-0.4, -0.2) is 59.5 Å². The molecule has 1 amide bonds. The summed E-state index contributed by atoms with van der Waals surface area (Å²) in [7, 11) is 0. The predicted molar refractivity (Wildman–Crippen MR) is 122 cm³/mol. The van der Waals surface area contributed by atoms with Gasteiger partial charge in [-0.15, -0.1) is 11.3 Å². The molecule has 1 aromatic carbocycles. The van der Waals surface area contributed by atoms with Crippen LogP contribution < -0.4 is 4.74 Å². The van der Waals surface area contributed by atoms with Gasteiger partial charge < -0.3 is 14.5 Å². The topological polar surface area (TPSA) is 45.7 Å². The Morgan fingerprint density at radius 3 is 2.57 bits per heavy atom. The van der Waals surface area contributed by atoms with E-state index in [1.807, 2.05) is 43.0 Å². The molecule has 2 aliphatic rings. The van der Waals surface area contributed by atoms with Crippen molar-refractivity contribution >= 4 is 17.2 Å². The van der Waals surface area contributed by atoms with Gasteiger partial charge in [0.1, 0.15) is 15.6 Å². The Kier molecular flexibility index (Phi) is 7.05. The highest BCUT2D eigenvalue weighted by atomic mass is 32.1. The van der Waals surface area contributed by atoms with Crippen molar-refractivity contribution in [1.29, 1.82) is 0 Å². The van der Waals surface area contributed by atoms with Gasteiger partial charge in [0.05, 0.1) is 12.3 Å². The van der Waals surface area contributed by atoms with Crippen LogP contribution in [0.4, 0.5) is 0 Å². The Morgan fingerprint density at radius 2 is 1.87 bits per heavy atom. The molecule has 5 nitrogen and oxygen atoms in total. The largest absolute Gasteiger partial charge is 0.494 e. The maximum Gasteiger partial charge on any atom is 0.265 e. The van der Waals surface area contributed by atoms with E-state index in [1.54, 1.807) is 0 Å². The quantitative estimate of drug-likeness (QED) is 0.674. The predicted octanol–water partition coefficient (Wildman–Crippen LogP) is 5.00. The molecule has 0 bridgehead atoms. The molecule has 0 N–H and O–H groups in total. The van der Waals surface area contributed by atoms with E-state index >= 15 is 0 Å². The standard InChI is InChI=1S/C24H33N3O2S/c1-3-29-21-10-8-9-19(17-21)23-25-18(2)22(30-23)24(28)27-15-11-20(12-16-27)26-13-6-4-5-7-14-26/h8-10,17,20H,3-7,11-16H2,1-2H3. The molecule has 0 unspecified atom stereocenters. The van der Waals surface area contributed by atoms with Crippen molar-refractivity contribution in [3.05, 3.63) is 34.8 Å². The first kappa shape index (κ1) is 21.3. The summed E-state index contributed by atoms with van der Waals surface area (Å²) in [6, 6.07) is 8.61. The summed E-state index contributed by atoms with van der Waals surface area (Å²) in [4.78, 5) is 23.4. The van der Waals surface area contributed by atoms with Gasteiger partial charge in [-0.1, -0.05) is 25.0 Å². The van der Waals surface area contributed by atoms with Gasteiger partial charge in [-0.2, -0.15) is 0 Å². The molecule has 2 aliphatic heterocycles. The molecular weight excluding hydrogens is 394 g/mol. The minimum Gasteiger partial charge on any atom is -0.494 e. The molecule has 0 radical (unpaired) electrons. The lowest BCUT2D eigenvalue weighted by Crippen LogP contribution is -2.47. The van der Waals surface area contributed by atoms with E-state index in [9.17, 15) is 4.79 Å². The number of hydrogen-bond donors (Lipinski definition) is 0. The molecule has 2 saturated heterocycles. The van der Waals surface area contributed by atoms with Gasteiger partial charge in [0.2, 0.25) is 0 Å². The number of piperidine rings is 1. The maximum absolute atomic E-state index is 13.2. The van der Waals surface area contributed by atoms with Crippen molar-refractivity contribution < 1.29 is 9.53 Å². The number of hydrogen-bond acceptors (Lipinski definition) is 5. The Labute approximate surface area is 184 Å². The van der Waals surface area contributed by atoms with Crippen molar-refractivity contribution in [2.45, 2.75) is 58.4 Å². The summed E-state index contributed by atoms with van der Waals surface area (Å²) in [6.07, 6.45) is 7.57. The zero-order valence-corrected chi connectivity index (χ0v) is 19.0. The van der Waals surface area contributed by atoms with Crippen LogP contribution in [0.15, 0.2) is 24.3 Å². The second-order valence-electron chi connectivity index (χ2n) is 8.37. The van der Waals surface area contributed by atoms with Crippen LogP contribution >= 0.6 is 11.3 Å². The normalized spacial score (nSPS) is 18.9. The van der Waals surface area contributed by atoms with Gasteiger partial charge >= 0.3 is 0 Å². The number of amides is 1. The van der Waals surface area contributed by atoms with Crippen LogP contribution in [0.5, 0.6) is 5.75 Å². The highest BCUT2D eigenvalue weighted by Crippen LogP contribution is 2.31. The molecule has 2 aromatic rings. The van der Waals surface area contributed by atoms with Crippen molar-refractivity contribution in [3.8, 4) is 16.3 Å². The van der Waals surface area contributed by atoms with Crippen LogP contribution in [0, 0.1) is 6.92 Å². The Bertz CT molecular complexity index is 850. The van der Waals surface area contributed by atoms with Crippen molar-refractivity contribution in [2.75, 3.05) is 32.8 Å². The zero-order valence-electron chi connectivity index (χ0n) is 18.2. The van der Waals surface area contributed by atoms with E-state index in [0.29, 0.717) is 12.6 Å². The van der Waals surface area contributed by atoms with Crippen LogP contribution in [0.2, 0.25) is 0 Å². The lowest BCUT2D eigenvalue weighted by atomic mass is 10.0. The summed E-state index contributed by atoms with van der Waals surface area (Å²) in [5.41, 5.74) is 1.84. The highest BCUT2D eigenvalue weighted by Gasteiger charge is 2.29. The molecule has 2 fully saturated rings. The fraction of sp³-hybridized carbons (Fsp3) is 0.583. The molecule has 0 saturated carbocycles. The molecule has 162 valence electrons. The average Bonchev–Trinajstić information content (AvgIpc) is 2.97. The van der Waals surface area contributed by atoms with E-state index in [-0.39, 0.29) is 5.91 Å². The maximum atomic E-state index is 13.2. The summed E-state index contributed by atoms with van der Waals surface area (Å²) in [6.45, 7) is 8.74. The third-order valence-corrected chi connectivity index (χ3v) is 7.49. The molecular formula is C24H33N3O2S. The van der Waals surface area contributed by atoms with Crippen LogP contribution in [0.1, 0.15) is 60.8 Å². The highest BCUT2D eigenvalue weighted by molar-refractivity contribution is 7.17. The monoisotopic (exact) mass is 427 g/mol. The van der Waals surface area contributed by atoms with Crippen molar-refractivity contribution in [2.24, 2.45) is 0 Å². The summed E-state index contributed by atoms with van der Waals surface area (Å²) < 4.78 is 5.61. The smallest absolute Gasteiger partial charge is 0.265 e. The van der Waals surface area contributed by atoms with E-state index in [4.69, 9.17) is 9.72 Å². The first-order chi connectivity index (χ1) is 14.7. The number of likely N-dealkylation sites (tertiary alicyclic amines) is 2. The second kappa shape index (κ2) is 9.92. The van der Waals surface area contributed by atoms with Gasteiger partial charge in [0, 0.05) is 24.7 Å². The third kappa shape index (κ3) is 4.86. The van der Waals surface area contributed by atoms with E-state index in [0.717, 1.165) is 52.8 Å². The van der Waals surface area contributed by atoms with Crippen molar-refractivity contribution in [3.63, 3.8) is 0 Å². The zero-order chi connectivity index (χ0) is 20.9. The van der Waals surface area contributed by atoms with Gasteiger partial charge in [0.25, 0.3) is 5.91 Å². The number of aromatic nitrogens is 1. The van der Waals surface area contributed by atoms with Gasteiger partial charge in [-0.25, -0.2) is 4.98 Å². The number of ether oxygens (including phenoxy) is 1. The van der Waals surface area contributed by atoms with Gasteiger partial charge in [-0.05, 0) is 64.8 Å². The SMILES string of the molecule is CCOc1cccc(-c2nc(C)c(C(=O)N3CCC(N4CCCCCC4)CC3)s2)c1. The lowest BCUT2D eigenvalue weighted by Gasteiger charge is -2.38. The Hall–Kier alpha value is -1.92. The molecule has 0 spiro atoms. The molecule has 0 atom stereocenters. The average molecular weight is 428 g/mol. The second-order valence-corrected chi connectivity index (χ2v) is 9.37. The number of carbonyl (C=O) groups excluding carboxylic acids is 1. The first-order valence-electron chi connectivity index (χ1n) is 11.4.